The summed E-state index contributed by atoms with van der Waals surface area (Å²) in [6.45, 7) is 4.74. The fourth-order valence-corrected chi connectivity index (χ4v) is 3.28. The lowest BCUT2D eigenvalue weighted by molar-refractivity contribution is -0.122. The second kappa shape index (κ2) is 9.09. The lowest BCUT2D eigenvalue weighted by atomic mass is 10.0. The molecule has 0 aromatic heterocycles. The van der Waals surface area contributed by atoms with Gasteiger partial charge in [-0.3, -0.25) is 9.59 Å². The van der Waals surface area contributed by atoms with Crippen molar-refractivity contribution in [3.63, 3.8) is 0 Å². The van der Waals surface area contributed by atoms with Crippen molar-refractivity contribution in [3.8, 4) is 5.75 Å². The van der Waals surface area contributed by atoms with E-state index in [4.69, 9.17) is 10.5 Å². The van der Waals surface area contributed by atoms with Crippen molar-refractivity contribution >= 4 is 17.5 Å². The Morgan fingerprint density at radius 1 is 1.21 bits per heavy atom. The van der Waals surface area contributed by atoms with Gasteiger partial charge in [-0.15, -0.1) is 0 Å². The highest BCUT2D eigenvalue weighted by Gasteiger charge is 2.28. The van der Waals surface area contributed by atoms with Gasteiger partial charge in [0.05, 0.1) is 0 Å². The molecule has 154 valence electrons. The molecule has 1 heterocycles. The first-order chi connectivity index (χ1) is 13.8. The highest BCUT2D eigenvalue weighted by Crippen LogP contribution is 2.28. The smallest absolute Gasteiger partial charge is 0.265 e. The van der Waals surface area contributed by atoms with E-state index in [2.05, 4.69) is 19.2 Å². The Morgan fingerprint density at radius 3 is 2.69 bits per heavy atom. The molecule has 3 N–H and O–H groups in total. The molecule has 2 amide bonds. The molecule has 0 fully saturated rings. The van der Waals surface area contributed by atoms with Crippen LogP contribution in [-0.2, 0) is 11.2 Å². The lowest BCUT2D eigenvalue weighted by Crippen LogP contribution is -2.34. The summed E-state index contributed by atoms with van der Waals surface area (Å²) in [5.74, 6) is 0.808. The molecule has 1 aliphatic rings. The minimum Gasteiger partial charge on any atom is -0.480 e. The number of hydrogen-bond acceptors (Lipinski definition) is 4. The zero-order valence-corrected chi connectivity index (χ0v) is 17.2. The maximum absolute atomic E-state index is 12.7. The topological polar surface area (TPSA) is 84.7 Å². The molecule has 3 rings (SSSR count). The molecule has 6 heteroatoms. The summed E-state index contributed by atoms with van der Waals surface area (Å²) in [5.41, 5.74) is 8.21. The summed E-state index contributed by atoms with van der Waals surface area (Å²) < 4.78 is 5.73. The molecular formula is C23H29N3O3. The van der Waals surface area contributed by atoms with Crippen LogP contribution in [0.3, 0.4) is 0 Å². The van der Waals surface area contributed by atoms with Crippen LogP contribution in [0.4, 0.5) is 5.69 Å². The van der Waals surface area contributed by atoms with Gasteiger partial charge >= 0.3 is 0 Å². The average molecular weight is 396 g/mol. The molecule has 2 aromatic rings. The van der Waals surface area contributed by atoms with Crippen molar-refractivity contribution in [2.24, 2.45) is 11.7 Å². The Labute approximate surface area is 172 Å². The number of para-hydroxylation sites is 1. The molecule has 6 nitrogen and oxygen atoms in total. The minimum atomic E-state index is -0.563. The van der Waals surface area contributed by atoms with E-state index in [1.165, 1.54) is 0 Å². The van der Waals surface area contributed by atoms with Crippen molar-refractivity contribution < 1.29 is 14.3 Å². The van der Waals surface area contributed by atoms with Crippen LogP contribution >= 0.6 is 0 Å². The number of ether oxygens (including phenoxy) is 1. The van der Waals surface area contributed by atoms with Gasteiger partial charge in [0, 0.05) is 37.3 Å². The quantitative estimate of drug-likeness (QED) is 0.755. The first-order valence-electron chi connectivity index (χ1n) is 10.0. The second-order valence-corrected chi connectivity index (χ2v) is 7.91. The van der Waals surface area contributed by atoms with E-state index in [1.54, 1.807) is 36.2 Å². The summed E-state index contributed by atoms with van der Waals surface area (Å²) in [5, 5.41) is 2.86. The number of nitrogens with two attached hydrogens (primary N) is 1. The highest BCUT2D eigenvalue weighted by molar-refractivity contribution is 5.98. The first-order valence-corrected chi connectivity index (χ1v) is 10.0. The molecule has 0 spiro atoms. The van der Waals surface area contributed by atoms with E-state index in [0.29, 0.717) is 30.1 Å². The number of fused-ring (bicyclic) bond motifs is 1. The molecule has 2 atom stereocenters. The second-order valence-electron chi connectivity index (χ2n) is 7.91. The Bertz CT molecular complexity index is 856. The molecule has 0 saturated carbocycles. The maximum Gasteiger partial charge on any atom is 0.265 e. The molecule has 0 aliphatic carbocycles. The fourth-order valence-electron chi connectivity index (χ4n) is 3.28. The Balaban J connectivity index is 1.59. The van der Waals surface area contributed by atoms with E-state index < -0.39 is 6.10 Å². The van der Waals surface area contributed by atoms with Crippen molar-refractivity contribution in [1.29, 1.82) is 0 Å². The molecule has 29 heavy (non-hydrogen) atoms. The molecule has 0 saturated heterocycles. The van der Waals surface area contributed by atoms with E-state index in [0.717, 1.165) is 17.7 Å². The fraction of sp³-hybridized carbons (Fsp3) is 0.391. The van der Waals surface area contributed by atoms with Crippen molar-refractivity contribution in [3.05, 3.63) is 59.7 Å². The van der Waals surface area contributed by atoms with Gasteiger partial charge in [-0.05, 0) is 42.2 Å². The van der Waals surface area contributed by atoms with Crippen LogP contribution in [0.15, 0.2) is 48.5 Å². The molecule has 0 radical (unpaired) electrons. The van der Waals surface area contributed by atoms with Crippen LogP contribution in [0.2, 0.25) is 0 Å². The number of carbonyl (C=O) groups is 2. The van der Waals surface area contributed by atoms with Gasteiger partial charge in [-0.25, -0.2) is 0 Å². The third-order valence-corrected chi connectivity index (χ3v) is 5.32. The predicted molar refractivity (Wildman–Crippen MR) is 114 cm³/mol. The summed E-state index contributed by atoms with van der Waals surface area (Å²) in [6.07, 6.45) is 0.724. The number of benzene rings is 2. The SMILES string of the molecule is CC(C)C(N)CCN(C)C(=O)c1cccc(NC(=O)C2Cc3ccccc3O2)c1. The van der Waals surface area contributed by atoms with Crippen LogP contribution in [0, 0.1) is 5.92 Å². The molecule has 1 aliphatic heterocycles. The predicted octanol–water partition coefficient (Wildman–Crippen LogP) is 3.07. The van der Waals surface area contributed by atoms with E-state index >= 15 is 0 Å². The maximum atomic E-state index is 12.7. The standard InChI is InChI=1S/C23H29N3O3/c1-15(2)19(24)11-12-26(3)23(28)17-8-6-9-18(13-17)25-22(27)21-14-16-7-4-5-10-20(16)29-21/h4-10,13,15,19,21H,11-12,14,24H2,1-3H3,(H,25,27). The Hall–Kier alpha value is -2.86. The highest BCUT2D eigenvalue weighted by atomic mass is 16.5. The van der Waals surface area contributed by atoms with Crippen LogP contribution in [0.25, 0.3) is 0 Å². The third kappa shape index (κ3) is 5.15. The van der Waals surface area contributed by atoms with Gasteiger partial charge in [-0.2, -0.15) is 0 Å². The average Bonchev–Trinajstić information content (AvgIpc) is 3.15. The van der Waals surface area contributed by atoms with Gasteiger partial charge in [0.25, 0.3) is 11.8 Å². The first kappa shape index (κ1) is 20.9. The van der Waals surface area contributed by atoms with Crippen LogP contribution in [-0.4, -0.2) is 42.5 Å². The number of amides is 2. The van der Waals surface area contributed by atoms with Crippen LogP contribution < -0.4 is 15.8 Å². The number of anilines is 1. The number of carbonyl (C=O) groups excluding carboxylic acids is 2. The van der Waals surface area contributed by atoms with Gasteiger partial charge in [-0.1, -0.05) is 38.1 Å². The largest absolute Gasteiger partial charge is 0.480 e. The number of hydrogen-bond donors (Lipinski definition) is 2. The van der Waals surface area contributed by atoms with Crippen LogP contribution in [0.5, 0.6) is 5.75 Å². The minimum absolute atomic E-state index is 0.0615. The molecular weight excluding hydrogens is 366 g/mol. The summed E-state index contributed by atoms with van der Waals surface area (Å²) in [7, 11) is 1.77. The summed E-state index contributed by atoms with van der Waals surface area (Å²) in [4.78, 5) is 27.0. The molecule has 2 aromatic carbocycles. The van der Waals surface area contributed by atoms with Crippen molar-refractivity contribution in [2.75, 3.05) is 18.9 Å². The molecule has 2 unspecified atom stereocenters. The van der Waals surface area contributed by atoms with Crippen LogP contribution in [0.1, 0.15) is 36.2 Å². The van der Waals surface area contributed by atoms with E-state index in [9.17, 15) is 9.59 Å². The Kier molecular flexibility index (Phi) is 6.54. The van der Waals surface area contributed by atoms with Gasteiger partial charge < -0.3 is 20.7 Å². The zero-order valence-electron chi connectivity index (χ0n) is 17.2. The van der Waals surface area contributed by atoms with E-state index in [1.807, 2.05) is 24.3 Å². The number of nitrogens with one attached hydrogen (secondary N) is 1. The number of nitrogens with zero attached hydrogens (tertiary/aromatic N) is 1. The van der Waals surface area contributed by atoms with Crippen molar-refractivity contribution in [1.82, 2.24) is 4.90 Å². The number of rotatable bonds is 7. The molecule has 0 bridgehead atoms. The van der Waals surface area contributed by atoms with Crippen molar-refractivity contribution in [2.45, 2.75) is 38.8 Å². The normalized spacial score (nSPS) is 16.1. The summed E-state index contributed by atoms with van der Waals surface area (Å²) >= 11 is 0. The lowest BCUT2D eigenvalue weighted by Gasteiger charge is -2.22. The third-order valence-electron chi connectivity index (χ3n) is 5.32. The van der Waals surface area contributed by atoms with Gasteiger partial charge in [0.2, 0.25) is 0 Å². The van der Waals surface area contributed by atoms with Gasteiger partial charge in [0.1, 0.15) is 5.75 Å². The van der Waals surface area contributed by atoms with Gasteiger partial charge in [0.15, 0.2) is 6.10 Å². The Morgan fingerprint density at radius 2 is 1.97 bits per heavy atom. The van der Waals surface area contributed by atoms with E-state index in [-0.39, 0.29) is 17.9 Å². The zero-order chi connectivity index (χ0) is 21.0. The monoisotopic (exact) mass is 395 g/mol. The summed E-state index contributed by atoms with van der Waals surface area (Å²) in [6, 6.07) is 14.7.